The largest absolute Gasteiger partial charge is 0.366 e. The quantitative estimate of drug-likeness (QED) is 0.729. The standard InChI is InChI=1S/C18H21FN6O/c1-10-8-13(4-6-15(10)19)9-21-16(26)7-5-14-11(2)22-18-23-17(20)24-25(18)12(14)3/h4,6,8H,5,7,9H2,1-3H3,(H2,20,24)(H,21,26). The van der Waals surface area contributed by atoms with Gasteiger partial charge in [-0.3, -0.25) is 4.79 Å². The lowest BCUT2D eigenvalue weighted by molar-refractivity contribution is -0.121. The van der Waals surface area contributed by atoms with Crippen LogP contribution in [-0.2, 0) is 17.8 Å². The molecule has 1 aromatic carbocycles. The summed E-state index contributed by atoms with van der Waals surface area (Å²) in [6.07, 6.45) is 0.855. The number of hydrogen-bond acceptors (Lipinski definition) is 5. The summed E-state index contributed by atoms with van der Waals surface area (Å²) in [5.74, 6) is 0.300. The lowest BCUT2D eigenvalue weighted by Gasteiger charge is -2.11. The molecule has 1 amide bonds. The summed E-state index contributed by atoms with van der Waals surface area (Å²) in [5.41, 5.74) is 9.69. The van der Waals surface area contributed by atoms with Crippen LogP contribution in [0.4, 0.5) is 10.3 Å². The lowest BCUT2D eigenvalue weighted by Crippen LogP contribution is -2.23. The van der Waals surface area contributed by atoms with E-state index in [0.29, 0.717) is 30.7 Å². The van der Waals surface area contributed by atoms with Crippen LogP contribution in [0.25, 0.3) is 5.78 Å². The fourth-order valence-corrected chi connectivity index (χ4v) is 2.93. The van der Waals surface area contributed by atoms with Gasteiger partial charge < -0.3 is 11.1 Å². The van der Waals surface area contributed by atoms with Gasteiger partial charge in [0.2, 0.25) is 11.9 Å². The number of rotatable bonds is 5. The average Bonchev–Trinajstić information content (AvgIpc) is 2.96. The highest BCUT2D eigenvalue weighted by Gasteiger charge is 2.14. The normalized spacial score (nSPS) is 11.1. The summed E-state index contributed by atoms with van der Waals surface area (Å²) >= 11 is 0. The molecule has 0 unspecified atom stereocenters. The summed E-state index contributed by atoms with van der Waals surface area (Å²) in [6, 6.07) is 4.81. The number of nitrogen functional groups attached to an aromatic ring is 1. The van der Waals surface area contributed by atoms with E-state index >= 15 is 0 Å². The van der Waals surface area contributed by atoms with E-state index in [1.54, 1.807) is 23.6 Å². The second-order valence-electron chi connectivity index (χ2n) is 6.30. The lowest BCUT2D eigenvalue weighted by atomic mass is 10.1. The van der Waals surface area contributed by atoms with Gasteiger partial charge in [0, 0.05) is 24.4 Å². The Morgan fingerprint density at radius 2 is 2.04 bits per heavy atom. The molecule has 0 spiro atoms. The summed E-state index contributed by atoms with van der Waals surface area (Å²) in [7, 11) is 0. The number of benzene rings is 1. The van der Waals surface area contributed by atoms with Crippen molar-refractivity contribution in [2.24, 2.45) is 0 Å². The van der Waals surface area contributed by atoms with Crippen LogP contribution >= 0.6 is 0 Å². The number of anilines is 1. The minimum atomic E-state index is -0.248. The number of nitrogens with zero attached hydrogens (tertiary/aromatic N) is 4. The number of halogens is 1. The van der Waals surface area contributed by atoms with Crippen LogP contribution in [0.15, 0.2) is 18.2 Å². The predicted octanol–water partition coefficient (Wildman–Crippen LogP) is 2.02. The van der Waals surface area contributed by atoms with E-state index in [0.717, 1.165) is 22.5 Å². The molecule has 0 radical (unpaired) electrons. The summed E-state index contributed by atoms with van der Waals surface area (Å²) in [6.45, 7) is 5.86. The number of carbonyl (C=O) groups is 1. The number of amides is 1. The van der Waals surface area contributed by atoms with Gasteiger partial charge in [-0.05, 0) is 49.9 Å². The number of nitrogens with two attached hydrogens (primary N) is 1. The van der Waals surface area contributed by atoms with Gasteiger partial charge in [0.1, 0.15) is 5.82 Å². The van der Waals surface area contributed by atoms with E-state index < -0.39 is 0 Å². The molecule has 136 valence electrons. The molecule has 0 saturated carbocycles. The van der Waals surface area contributed by atoms with E-state index in [-0.39, 0.29) is 17.7 Å². The van der Waals surface area contributed by atoms with Crippen LogP contribution in [0.5, 0.6) is 0 Å². The second-order valence-corrected chi connectivity index (χ2v) is 6.30. The molecule has 3 N–H and O–H groups in total. The van der Waals surface area contributed by atoms with Gasteiger partial charge >= 0.3 is 0 Å². The molecule has 0 atom stereocenters. The zero-order chi connectivity index (χ0) is 18.8. The van der Waals surface area contributed by atoms with Gasteiger partial charge in [-0.2, -0.15) is 9.50 Å². The predicted molar refractivity (Wildman–Crippen MR) is 96.0 cm³/mol. The van der Waals surface area contributed by atoms with Gasteiger partial charge in [-0.25, -0.2) is 9.37 Å². The summed E-state index contributed by atoms with van der Waals surface area (Å²) < 4.78 is 14.9. The van der Waals surface area contributed by atoms with E-state index in [4.69, 9.17) is 5.73 Å². The maximum atomic E-state index is 13.3. The van der Waals surface area contributed by atoms with Crippen LogP contribution in [0.1, 0.15) is 34.5 Å². The third kappa shape index (κ3) is 3.63. The number of aryl methyl sites for hydroxylation is 3. The Balaban J connectivity index is 1.64. The van der Waals surface area contributed by atoms with Gasteiger partial charge in [-0.1, -0.05) is 12.1 Å². The molecule has 0 aliphatic heterocycles. The fraction of sp³-hybridized carbons (Fsp3) is 0.333. The second kappa shape index (κ2) is 7.07. The molecule has 8 heteroatoms. The molecular formula is C18H21FN6O. The Morgan fingerprint density at radius 3 is 2.77 bits per heavy atom. The topological polar surface area (TPSA) is 98.2 Å². The zero-order valence-corrected chi connectivity index (χ0v) is 15.0. The third-order valence-corrected chi connectivity index (χ3v) is 4.38. The molecule has 2 heterocycles. The Kier molecular flexibility index (Phi) is 4.83. The first-order chi connectivity index (χ1) is 12.3. The first-order valence-corrected chi connectivity index (χ1v) is 8.35. The van der Waals surface area contributed by atoms with Crippen molar-refractivity contribution in [2.45, 2.75) is 40.2 Å². The molecule has 3 rings (SSSR count). The molecular weight excluding hydrogens is 335 g/mol. The molecule has 0 aliphatic carbocycles. The Bertz CT molecular complexity index is 981. The molecule has 26 heavy (non-hydrogen) atoms. The number of nitrogens with one attached hydrogen (secondary N) is 1. The van der Waals surface area contributed by atoms with E-state index in [1.807, 2.05) is 13.8 Å². The van der Waals surface area contributed by atoms with Crippen LogP contribution in [0, 0.1) is 26.6 Å². The molecule has 0 saturated heterocycles. The highest BCUT2D eigenvalue weighted by Crippen LogP contribution is 2.16. The van der Waals surface area contributed by atoms with Gasteiger partial charge in [0.15, 0.2) is 0 Å². The Hall–Kier alpha value is -3.03. The number of aromatic nitrogens is 4. The van der Waals surface area contributed by atoms with Gasteiger partial charge in [0.05, 0.1) is 0 Å². The van der Waals surface area contributed by atoms with Crippen molar-refractivity contribution < 1.29 is 9.18 Å². The first-order valence-electron chi connectivity index (χ1n) is 8.35. The molecule has 0 aliphatic rings. The average molecular weight is 356 g/mol. The van der Waals surface area contributed by atoms with Crippen molar-refractivity contribution in [3.8, 4) is 0 Å². The van der Waals surface area contributed by atoms with Crippen molar-refractivity contribution in [2.75, 3.05) is 5.73 Å². The van der Waals surface area contributed by atoms with Crippen LogP contribution < -0.4 is 11.1 Å². The van der Waals surface area contributed by atoms with Crippen molar-refractivity contribution in [1.82, 2.24) is 24.9 Å². The molecule has 7 nitrogen and oxygen atoms in total. The van der Waals surface area contributed by atoms with Crippen LogP contribution in [-0.4, -0.2) is 25.5 Å². The molecule has 3 aromatic rings. The van der Waals surface area contributed by atoms with Crippen molar-refractivity contribution in [3.63, 3.8) is 0 Å². The fourth-order valence-electron chi connectivity index (χ4n) is 2.93. The Labute approximate surface area is 150 Å². The monoisotopic (exact) mass is 356 g/mol. The zero-order valence-electron chi connectivity index (χ0n) is 15.0. The molecule has 0 bridgehead atoms. The van der Waals surface area contributed by atoms with Crippen molar-refractivity contribution in [1.29, 1.82) is 0 Å². The minimum absolute atomic E-state index is 0.0796. The number of fused-ring (bicyclic) bond motifs is 1. The maximum Gasteiger partial charge on any atom is 0.254 e. The maximum absolute atomic E-state index is 13.3. The molecule has 0 fully saturated rings. The van der Waals surface area contributed by atoms with Gasteiger partial charge in [-0.15, -0.1) is 5.10 Å². The number of hydrogen-bond donors (Lipinski definition) is 2. The highest BCUT2D eigenvalue weighted by atomic mass is 19.1. The summed E-state index contributed by atoms with van der Waals surface area (Å²) in [4.78, 5) is 20.6. The smallest absolute Gasteiger partial charge is 0.254 e. The van der Waals surface area contributed by atoms with E-state index in [2.05, 4.69) is 20.4 Å². The number of carbonyl (C=O) groups excluding carboxylic acids is 1. The molecule has 2 aromatic heterocycles. The Morgan fingerprint density at radius 1 is 1.27 bits per heavy atom. The first kappa shape index (κ1) is 17.8. The SMILES string of the molecule is Cc1cc(CNC(=O)CCc2c(C)nc3nc(N)nn3c2C)ccc1F. The van der Waals surface area contributed by atoms with E-state index in [9.17, 15) is 9.18 Å². The van der Waals surface area contributed by atoms with Crippen molar-refractivity contribution >= 4 is 17.6 Å². The van der Waals surface area contributed by atoms with Gasteiger partial charge in [0.25, 0.3) is 5.78 Å². The van der Waals surface area contributed by atoms with Crippen LogP contribution in [0.3, 0.4) is 0 Å². The summed E-state index contributed by atoms with van der Waals surface area (Å²) in [5, 5.41) is 6.98. The minimum Gasteiger partial charge on any atom is -0.366 e. The third-order valence-electron chi connectivity index (χ3n) is 4.38. The van der Waals surface area contributed by atoms with Crippen LogP contribution in [0.2, 0.25) is 0 Å². The highest BCUT2D eigenvalue weighted by molar-refractivity contribution is 5.76. The van der Waals surface area contributed by atoms with Crippen molar-refractivity contribution in [3.05, 3.63) is 52.1 Å². The van der Waals surface area contributed by atoms with E-state index in [1.165, 1.54) is 6.07 Å².